The minimum Gasteiger partial charge on any atom is -0.437 e. The number of aryl methyl sites for hydroxylation is 1. The summed E-state index contributed by atoms with van der Waals surface area (Å²) < 4.78 is 5.64. The lowest BCUT2D eigenvalue weighted by atomic mass is 10.2. The van der Waals surface area contributed by atoms with Crippen molar-refractivity contribution < 1.29 is 4.74 Å². The van der Waals surface area contributed by atoms with Gasteiger partial charge < -0.3 is 15.8 Å². The van der Waals surface area contributed by atoms with Crippen molar-refractivity contribution >= 4 is 11.5 Å². The maximum absolute atomic E-state index is 5.93. The maximum atomic E-state index is 5.93. The van der Waals surface area contributed by atoms with Crippen LogP contribution in [0.4, 0.5) is 11.5 Å². The van der Waals surface area contributed by atoms with Crippen LogP contribution in [0.1, 0.15) is 12.5 Å². The molecule has 0 radical (unpaired) electrons. The van der Waals surface area contributed by atoms with Gasteiger partial charge in [-0.05, 0) is 26.0 Å². The third-order valence-corrected chi connectivity index (χ3v) is 2.43. The van der Waals surface area contributed by atoms with Gasteiger partial charge in [0, 0.05) is 6.54 Å². The average Bonchev–Trinajstić information content (AvgIpc) is 2.37. The van der Waals surface area contributed by atoms with Gasteiger partial charge in [0.25, 0.3) is 0 Å². The van der Waals surface area contributed by atoms with E-state index in [1.807, 2.05) is 38.1 Å². The van der Waals surface area contributed by atoms with Gasteiger partial charge in [0.2, 0.25) is 5.88 Å². The number of hydrogen-bond donors (Lipinski definition) is 2. The highest BCUT2D eigenvalue weighted by Gasteiger charge is 2.09. The zero-order valence-electron chi connectivity index (χ0n) is 10.5. The standard InChI is InChI=1S/C13H16N4O/c1-3-15-12-11(14)13(17-8-16-12)18-10-6-4-9(2)5-7-10/h4-8H,3,14H2,1-2H3,(H,15,16,17). The minimum absolute atomic E-state index is 0.366. The molecule has 3 N–H and O–H groups in total. The van der Waals surface area contributed by atoms with Crippen molar-refractivity contribution in [1.82, 2.24) is 9.97 Å². The molecule has 5 nitrogen and oxygen atoms in total. The molecular formula is C13H16N4O. The van der Waals surface area contributed by atoms with Crippen LogP contribution in [0.5, 0.6) is 11.6 Å². The average molecular weight is 244 g/mol. The molecule has 0 bridgehead atoms. The number of nitrogens with zero attached hydrogens (tertiary/aromatic N) is 2. The number of nitrogen functional groups attached to an aromatic ring is 1. The number of rotatable bonds is 4. The summed E-state index contributed by atoms with van der Waals surface area (Å²) >= 11 is 0. The third-order valence-electron chi connectivity index (χ3n) is 2.43. The Bertz CT molecular complexity index is 525. The summed E-state index contributed by atoms with van der Waals surface area (Å²) in [6, 6.07) is 7.70. The monoisotopic (exact) mass is 244 g/mol. The van der Waals surface area contributed by atoms with Crippen LogP contribution in [-0.2, 0) is 0 Å². The molecule has 94 valence electrons. The van der Waals surface area contributed by atoms with Crippen molar-refractivity contribution in [3.05, 3.63) is 36.2 Å². The number of aromatic nitrogens is 2. The predicted molar refractivity (Wildman–Crippen MR) is 71.9 cm³/mol. The van der Waals surface area contributed by atoms with Crippen molar-refractivity contribution in [2.45, 2.75) is 13.8 Å². The van der Waals surface area contributed by atoms with Crippen molar-refractivity contribution in [3.8, 4) is 11.6 Å². The smallest absolute Gasteiger partial charge is 0.248 e. The van der Waals surface area contributed by atoms with Gasteiger partial charge in [0.15, 0.2) is 5.82 Å². The van der Waals surface area contributed by atoms with Crippen LogP contribution < -0.4 is 15.8 Å². The molecule has 0 amide bonds. The fourth-order valence-electron chi connectivity index (χ4n) is 1.49. The Morgan fingerprint density at radius 2 is 1.94 bits per heavy atom. The first-order chi connectivity index (χ1) is 8.70. The second-order valence-electron chi connectivity index (χ2n) is 3.89. The first kappa shape index (κ1) is 12.2. The lowest BCUT2D eigenvalue weighted by molar-refractivity contribution is 0.464. The fraction of sp³-hybridized carbons (Fsp3) is 0.231. The number of hydrogen-bond acceptors (Lipinski definition) is 5. The molecule has 2 rings (SSSR count). The molecule has 0 saturated heterocycles. The summed E-state index contributed by atoms with van der Waals surface area (Å²) in [5.41, 5.74) is 7.52. The normalized spacial score (nSPS) is 10.1. The molecule has 5 heteroatoms. The van der Waals surface area contributed by atoms with Gasteiger partial charge in [-0.1, -0.05) is 17.7 Å². The Kier molecular flexibility index (Phi) is 3.62. The Balaban J connectivity index is 2.23. The lowest BCUT2D eigenvalue weighted by Crippen LogP contribution is -2.05. The molecule has 2 aromatic rings. The number of benzene rings is 1. The molecule has 0 fully saturated rings. The van der Waals surface area contributed by atoms with Gasteiger partial charge >= 0.3 is 0 Å². The molecule has 0 aliphatic rings. The molecule has 1 aromatic heterocycles. The van der Waals surface area contributed by atoms with Crippen LogP contribution in [0.25, 0.3) is 0 Å². The van der Waals surface area contributed by atoms with E-state index in [2.05, 4.69) is 15.3 Å². The highest BCUT2D eigenvalue weighted by Crippen LogP contribution is 2.28. The molecular weight excluding hydrogens is 228 g/mol. The second kappa shape index (κ2) is 5.35. The Labute approximate surface area is 106 Å². The van der Waals surface area contributed by atoms with E-state index in [0.717, 1.165) is 6.54 Å². The van der Waals surface area contributed by atoms with Crippen LogP contribution in [-0.4, -0.2) is 16.5 Å². The molecule has 18 heavy (non-hydrogen) atoms. The highest BCUT2D eigenvalue weighted by molar-refractivity contribution is 5.66. The summed E-state index contributed by atoms with van der Waals surface area (Å²) in [5, 5.41) is 3.05. The van der Waals surface area contributed by atoms with E-state index in [9.17, 15) is 0 Å². The molecule has 0 atom stereocenters. The van der Waals surface area contributed by atoms with E-state index >= 15 is 0 Å². The van der Waals surface area contributed by atoms with E-state index in [-0.39, 0.29) is 0 Å². The first-order valence-corrected chi connectivity index (χ1v) is 5.79. The highest BCUT2D eigenvalue weighted by atomic mass is 16.5. The molecule has 0 aliphatic carbocycles. The largest absolute Gasteiger partial charge is 0.437 e. The summed E-state index contributed by atoms with van der Waals surface area (Å²) in [6.45, 7) is 4.74. The van der Waals surface area contributed by atoms with E-state index < -0.39 is 0 Å². The third kappa shape index (κ3) is 2.68. The zero-order chi connectivity index (χ0) is 13.0. The second-order valence-corrected chi connectivity index (χ2v) is 3.89. The van der Waals surface area contributed by atoms with Crippen LogP contribution in [0.15, 0.2) is 30.6 Å². The van der Waals surface area contributed by atoms with Crippen molar-refractivity contribution in [3.63, 3.8) is 0 Å². The molecule has 0 unspecified atom stereocenters. The summed E-state index contributed by atoms with van der Waals surface area (Å²) in [6.07, 6.45) is 1.43. The number of nitrogens with one attached hydrogen (secondary N) is 1. The van der Waals surface area contributed by atoms with Crippen molar-refractivity contribution in [2.24, 2.45) is 0 Å². The van der Waals surface area contributed by atoms with Gasteiger partial charge in [-0.2, -0.15) is 4.98 Å². The van der Waals surface area contributed by atoms with Crippen molar-refractivity contribution in [1.29, 1.82) is 0 Å². The fourth-order valence-corrected chi connectivity index (χ4v) is 1.49. The number of ether oxygens (including phenoxy) is 1. The molecule has 0 aliphatic heterocycles. The lowest BCUT2D eigenvalue weighted by Gasteiger charge is -2.10. The van der Waals surface area contributed by atoms with Crippen LogP contribution in [0.3, 0.4) is 0 Å². The van der Waals surface area contributed by atoms with Gasteiger partial charge in [-0.25, -0.2) is 4.98 Å². The zero-order valence-corrected chi connectivity index (χ0v) is 10.5. The SMILES string of the molecule is CCNc1ncnc(Oc2ccc(C)cc2)c1N. The first-order valence-electron chi connectivity index (χ1n) is 5.79. The Hall–Kier alpha value is -2.30. The van der Waals surface area contributed by atoms with Crippen LogP contribution in [0.2, 0.25) is 0 Å². The van der Waals surface area contributed by atoms with Crippen molar-refractivity contribution in [2.75, 3.05) is 17.6 Å². The molecule has 1 heterocycles. The van der Waals surface area contributed by atoms with Gasteiger partial charge in [0.05, 0.1) is 0 Å². The summed E-state index contributed by atoms with van der Waals surface area (Å²) in [4.78, 5) is 8.10. The maximum Gasteiger partial charge on any atom is 0.248 e. The number of anilines is 2. The van der Waals surface area contributed by atoms with E-state index in [4.69, 9.17) is 10.5 Å². The Morgan fingerprint density at radius 1 is 1.22 bits per heavy atom. The van der Waals surface area contributed by atoms with Gasteiger partial charge in [0.1, 0.15) is 17.8 Å². The quantitative estimate of drug-likeness (QED) is 0.864. The van der Waals surface area contributed by atoms with Gasteiger partial charge in [-0.15, -0.1) is 0 Å². The molecule has 0 saturated carbocycles. The van der Waals surface area contributed by atoms with E-state index in [0.29, 0.717) is 23.1 Å². The summed E-state index contributed by atoms with van der Waals surface area (Å²) in [5.74, 6) is 1.66. The van der Waals surface area contributed by atoms with Gasteiger partial charge in [-0.3, -0.25) is 0 Å². The van der Waals surface area contributed by atoms with Crippen LogP contribution in [0, 0.1) is 6.92 Å². The molecule has 1 aromatic carbocycles. The number of nitrogens with two attached hydrogens (primary N) is 1. The van der Waals surface area contributed by atoms with E-state index in [1.165, 1.54) is 11.9 Å². The minimum atomic E-state index is 0.366. The Morgan fingerprint density at radius 3 is 2.61 bits per heavy atom. The predicted octanol–water partition coefficient (Wildman–Crippen LogP) is 2.59. The van der Waals surface area contributed by atoms with Crippen LogP contribution >= 0.6 is 0 Å². The molecule has 0 spiro atoms. The summed E-state index contributed by atoms with van der Waals surface area (Å²) in [7, 11) is 0. The topological polar surface area (TPSA) is 73.1 Å². The van der Waals surface area contributed by atoms with E-state index in [1.54, 1.807) is 0 Å².